The zero-order valence-electron chi connectivity index (χ0n) is 12.6. The summed E-state index contributed by atoms with van der Waals surface area (Å²) in [7, 11) is 0. The van der Waals surface area contributed by atoms with E-state index in [4.69, 9.17) is 12.2 Å². The van der Waals surface area contributed by atoms with Crippen LogP contribution in [-0.2, 0) is 11.3 Å². The number of benzene rings is 2. The summed E-state index contributed by atoms with van der Waals surface area (Å²) >= 11 is 6.71. The summed E-state index contributed by atoms with van der Waals surface area (Å²) in [5.74, 6) is 0.655. The van der Waals surface area contributed by atoms with E-state index in [1.165, 1.54) is 11.8 Å². The van der Waals surface area contributed by atoms with E-state index in [2.05, 4.69) is 9.97 Å². The lowest BCUT2D eigenvalue weighted by Gasteiger charge is -2.12. The summed E-state index contributed by atoms with van der Waals surface area (Å²) in [5, 5.41) is 0. The fourth-order valence-corrected chi connectivity index (χ4v) is 3.82. The zero-order chi connectivity index (χ0) is 16.5. The van der Waals surface area contributed by atoms with Crippen LogP contribution in [0.25, 0.3) is 17.1 Å². The highest BCUT2D eigenvalue weighted by Crippen LogP contribution is 2.33. The van der Waals surface area contributed by atoms with E-state index in [1.54, 1.807) is 4.90 Å². The Morgan fingerprint density at radius 2 is 1.88 bits per heavy atom. The Labute approximate surface area is 148 Å². The van der Waals surface area contributed by atoms with Gasteiger partial charge in [-0.25, -0.2) is 4.98 Å². The molecule has 1 aromatic heterocycles. The van der Waals surface area contributed by atoms with Crippen LogP contribution in [0.15, 0.2) is 59.5 Å². The number of hydrogen-bond acceptors (Lipinski definition) is 4. The van der Waals surface area contributed by atoms with Crippen molar-refractivity contribution in [1.82, 2.24) is 14.9 Å². The van der Waals surface area contributed by atoms with Crippen LogP contribution < -0.4 is 0 Å². The third kappa shape index (κ3) is 2.86. The lowest BCUT2D eigenvalue weighted by molar-refractivity contribution is -0.122. The first-order valence-electron chi connectivity index (χ1n) is 7.45. The molecular weight excluding hydrogens is 338 g/mol. The molecule has 0 radical (unpaired) electrons. The summed E-state index contributed by atoms with van der Waals surface area (Å²) in [6.45, 7) is 0.353. The molecule has 6 heteroatoms. The van der Waals surface area contributed by atoms with E-state index in [9.17, 15) is 4.79 Å². The largest absolute Gasteiger partial charge is 0.340 e. The van der Waals surface area contributed by atoms with Gasteiger partial charge in [-0.3, -0.25) is 9.69 Å². The normalized spacial score (nSPS) is 16.5. The van der Waals surface area contributed by atoms with Crippen LogP contribution in [0.4, 0.5) is 0 Å². The number of imidazole rings is 1. The van der Waals surface area contributed by atoms with Crippen LogP contribution in [0, 0.1) is 0 Å². The first kappa shape index (κ1) is 15.1. The minimum Gasteiger partial charge on any atom is -0.340 e. The number of aromatic amines is 1. The first-order valence-corrected chi connectivity index (χ1v) is 8.67. The lowest BCUT2D eigenvalue weighted by atomic mass is 10.2. The Morgan fingerprint density at radius 1 is 1.12 bits per heavy atom. The van der Waals surface area contributed by atoms with Crippen LogP contribution >= 0.6 is 24.0 Å². The molecule has 1 aliphatic rings. The monoisotopic (exact) mass is 351 g/mol. The molecule has 0 aliphatic carbocycles. The van der Waals surface area contributed by atoms with Crippen molar-refractivity contribution in [2.75, 3.05) is 0 Å². The van der Waals surface area contributed by atoms with Gasteiger partial charge in [-0.15, -0.1) is 0 Å². The quantitative estimate of drug-likeness (QED) is 0.573. The Balaban J connectivity index is 1.58. The van der Waals surface area contributed by atoms with Crippen LogP contribution in [0.1, 0.15) is 11.4 Å². The number of carbonyl (C=O) groups excluding carboxylic acids is 1. The SMILES string of the molecule is O=C1/C(=C/c2ccccc2)SC(=S)N1Cc1nc2ccccc2[nH]1. The van der Waals surface area contributed by atoms with E-state index in [-0.39, 0.29) is 5.91 Å². The molecule has 4 rings (SSSR count). The van der Waals surface area contributed by atoms with Crippen LogP contribution in [0.5, 0.6) is 0 Å². The summed E-state index contributed by atoms with van der Waals surface area (Å²) < 4.78 is 0.558. The molecule has 0 atom stereocenters. The minimum atomic E-state index is -0.0747. The molecule has 2 heterocycles. The smallest absolute Gasteiger partial charge is 0.266 e. The van der Waals surface area contributed by atoms with Crippen molar-refractivity contribution in [3.63, 3.8) is 0 Å². The Bertz CT molecular complexity index is 930. The molecule has 1 fully saturated rings. The molecule has 0 spiro atoms. The number of fused-ring (bicyclic) bond motifs is 1. The van der Waals surface area contributed by atoms with Gasteiger partial charge >= 0.3 is 0 Å². The number of aromatic nitrogens is 2. The maximum atomic E-state index is 12.6. The van der Waals surface area contributed by atoms with Gasteiger partial charge in [-0.1, -0.05) is 66.4 Å². The van der Waals surface area contributed by atoms with Gasteiger partial charge in [-0.05, 0) is 23.8 Å². The number of nitrogens with one attached hydrogen (secondary N) is 1. The maximum Gasteiger partial charge on any atom is 0.266 e. The molecule has 1 N–H and O–H groups in total. The average molecular weight is 351 g/mol. The summed E-state index contributed by atoms with van der Waals surface area (Å²) in [6, 6.07) is 17.6. The Kier molecular flexibility index (Phi) is 3.92. The molecule has 4 nitrogen and oxygen atoms in total. The standard InChI is InChI=1S/C18H13N3OS2/c22-17-15(10-12-6-2-1-3-7-12)24-18(23)21(17)11-16-19-13-8-4-5-9-14(13)20-16/h1-10H,11H2,(H,19,20)/b15-10-. The van der Waals surface area contributed by atoms with Gasteiger partial charge < -0.3 is 4.98 Å². The van der Waals surface area contributed by atoms with E-state index >= 15 is 0 Å². The van der Waals surface area contributed by atoms with E-state index in [0.717, 1.165) is 22.4 Å². The van der Waals surface area contributed by atoms with Crippen molar-refractivity contribution in [1.29, 1.82) is 0 Å². The van der Waals surface area contributed by atoms with E-state index < -0.39 is 0 Å². The van der Waals surface area contributed by atoms with Gasteiger partial charge in [0.1, 0.15) is 10.1 Å². The number of hydrogen-bond donors (Lipinski definition) is 1. The predicted octanol–water partition coefficient (Wildman–Crippen LogP) is 3.96. The Morgan fingerprint density at radius 3 is 2.67 bits per heavy atom. The predicted molar refractivity (Wildman–Crippen MR) is 101 cm³/mol. The second-order valence-electron chi connectivity index (χ2n) is 5.38. The molecule has 0 saturated carbocycles. The van der Waals surface area contributed by atoms with Crippen LogP contribution in [0.2, 0.25) is 0 Å². The van der Waals surface area contributed by atoms with Crippen LogP contribution in [-0.4, -0.2) is 25.1 Å². The van der Waals surface area contributed by atoms with Gasteiger partial charge in [0.2, 0.25) is 0 Å². The Hall–Kier alpha value is -2.44. The molecule has 0 bridgehead atoms. The number of para-hydroxylation sites is 2. The third-order valence-corrected chi connectivity index (χ3v) is 5.10. The van der Waals surface area contributed by atoms with Gasteiger partial charge in [0, 0.05) is 0 Å². The van der Waals surface area contributed by atoms with Gasteiger partial charge in [0.25, 0.3) is 5.91 Å². The second-order valence-corrected chi connectivity index (χ2v) is 7.05. The molecule has 2 aromatic carbocycles. The van der Waals surface area contributed by atoms with Crippen molar-refractivity contribution in [3.05, 3.63) is 70.9 Å². The second kappa shape index (κ2) is 6.22. The lowest BCUT2D eigenvalue weighted by Crippen LogP contribution is -2.27. The average Bonchev–Trinajstić information content (AvgIpc) is 3.12. The number of nitrogens with zero attached hydrogens (tertiary/aromatic N) is 2. The molecule has 1 aliphatic heterocycles. The number of thioether (sulfide) groups is 1. The maximum absolute atomic E-state index is 12.6. The summed E-state index contributed by atoms with van der Waals surface area (Å²) in [6.07, 6.45) is 1.87. The number of amides is 1. The fraction of sp³-hybridized carbons (Fsp3) is 0.0556. The van der Waals surface area contributed by atoms with E-state index in [0.29, 0.717) is 15.8 Å². The molecule has 1 amide bonds. The highest BCUT2D eigenvalue weighted by molar-refractivity contribution is 8.26. The molecular formula is C18H13N3OS2. The minimum absolute atomic E-state index is 0.0747. The van der Waals surface area contributed by atoms with Crippen molar-refractivity contribution in [3.8, 4) is 0 Å². The molecule has 1 saturated heterocycles. The van der Waals surface area contributed by atoms with Crippen molar-refractivity contribution < 1.29 is 4.79 Å². The fourth-order valence-electron chi connectivity index (χ4n) is 2.57. The number of H-pyrrole nitrogens is 1. The zero-order valence-corrected chi connectivity index (χ0v) is 14.2. The van der Waals surface area contributed by atoms with Gasteiger partial charge in [0.05, 0.1) is 22.5 Å². The van der Waals surface area contributed by atoms with Gasteiger partial charge in [0.15, 0.2) is 0 Å². The van der Waals surface area contributed by atoms with Gasteiger partial charge in [-0.2, -0.15) is 0 Å². The molecule has 118 valence electrons. The highest BCUT2D eigenvalue weighted by Gasteiger charge is 2.32. The summed E-state index contributed by atoms with van der Waals surface area (Å²) in [5.41, 5.74) is 2.83. The van der Waals surface area contributed by atoms with Crippen LogP contribution in [0.3, 0.4) is 0 Å². The number of rotatable bonds is 3. The van der Waals surface area contributed by atoms with E-state index in [1.807, 2.05) is 60.7 Å². The molecule has 3 aromatic rings. The van der Waals surface area contributed by atoms with Crippen molar-refractivity contribution in [2.45, 2.75) is 6.54 Å². The third-order valence-electron chi connectivity index (χ3n) is 3.72. The highest BCUT2D eigenvalue weighted by atomic mass is 32.2. The molecule has 24 heavy (non-hydrogen) atoms. The molecule has 0 unspecified atom stereocenters. The number of thiocarbonyl (C=S) groups is 1. The van der Waals surface area contributed by atoms with Crippen molar-refractivity contribution >= 4 is 51.3 Å². The summed E-state index contributed by atoms with van der Waals surface area (Å²) in [4.78, 5) is 22.6. The first-order chi connectivity index (χ1) is 11.7. The number of carbonyl (C=O) groups is 1. The topological polar surface area (TPSA) is 49.0 Å². The van der Waals surface area contributed by atoms with Crippen molar-refractivity contribution in [2.24, 2.45) is 0 Å².